The zero-order valence-electron chi connectivity index (χ0n) is 13.6. The quantitative estimate of drug-likeness (QED) is 0.633. The molecule has 1 aromatic rings. The molecule has 0 aliphatic carbocycles. The van der Waals surface area contributed by atoms with Crippen LogP contribution in [0.3, 0.4) is 0 Å². The van der Waals surface area contributed by atoms with Crippen LogP contribution in [0.15, 0.2) is 16.8 Å². The number of hydrogen-bond donors (Lipinski definition) is 1. The van der Waals surface area contributed by atoms with Gasteiger partial charge in [-0.3, -0.25) is 0 Å². The molecule has 1 heterocycles. The highest BCUT2D eigenvalue weighted by atomic mass is 32.1. The van der Waals surface area contributed by atoms with Crippen molar-refractivity contribution >= 4 is 11.3 Å². The molecule has 1 aromatic heterocycles. The molecule has 0 bridgehead atoms. The van der Waals surface area contributed by atoms with E-state index >= 15 is 0 Å². The van der Waals surface area contributed by atoms with Crippen molar-refractivity contribution in [1.82, 2.24) is 15.1 Å². The van der Waals surface area contributed by atoms with E-state index in [-0.39, 0.29) is 0 Å². The van der Waals surface area contributed by atoms with Crippen LogP contribution in [-0.4, -0.2) is 63.2 Å². The summed E-state index contributed by atoms with van der Waals surface area (Å²) in [5, 5.41) is 7.96. The maximum Gasteiger partial charge on any atom is 0.0110 e. The van der Waals surface area contributed by atoms with Crippen LogP contribution in [-0.2, 0) is 6.42 Å². The molecule has 0 fully saturated rings. The Labute approximate surface area is 129 Å². The van der Waals surface area contributed by atoms with Gasteiger partial charge in [0.25, 0.3) is 0 Å². The molecule has 0 aliphatic heterocycles. The molecule has 0 atom stereocenters. The highest BCUT2D eigenvalue weighted by Crippen LogP contribution is 2.05. The van der Waals surface area contributed by atoms with Gasteiger partial charge in [-0.1, -0.05) is 13.8 Å². The summed E-state index contributed by atoms with van der Waals surface area (Å²) in [6.07, 6.45) is 1.14. The molecule has 20 heavy (non-hydrogen) atoms. The second-order valence-corrected chi connectivity index (χ2v) is 6.91. The molecule has 0 saturated heterocycles. The molecule has 4 heteroatoms. The Bertz CT molecular complexity index is 322. The van der Waals surface area contributed by atoms with E-state index in [1.807, 2.05) is 0 Å². The number of rotatable bonds is 11. The third kappa shape index (κ3) is 8.69. The minimum Gasteiger partial charge on any atom is -0.315 e. The van der Waals surface area contributed by atoms with Gasteiger partial charge in [0.15, 0.2) is 0 Å². The first-order valence-electron chi connectivity index (χ1n) is 7.67. The lowest BCUT2D eigenvalue weighted by Gasteiger charge is -2.25. The Kier molecular flexibility index (Phi) is 9.10. The Balaban J connectivity index is 2.13. The number of nitrogens with zero attached hydrogens (tertiary/aromatic N) is 2. The molecule has 0 saturated carbocycles. The zero-order valence-corrected chi connectivity index (χ0v) is 14.4. The summed E-state index contributed by atoms with van der Waals surface area (Å²) < 4.78 is 0. The molecule has 1 N–H and O–H groups in total. The molecule has 0 radical (unpaired) electrons. The summed E-state index contributed by atoms with van der Waals surface area (Å²) in [6, 6.07) is 2.22. The van der Waals surface area contributed by atoms with Crippen LogP contribution in [0.2, 0.25) is 0 Å². The van der Waals surface area contributed by atoms with Gasteiger partial charge in [-0.25, -0.2) is 0 Å². The van der Waals surface area contributed by atoms with Crippen LogP contribution in [0.4, 0.5) is 0 Å². The smallest absolute Gasteiger partial charge is 0.0110 e. The molecule has 116 valence electrons. The first kappa shape index (κ1) is 17.6. The summed E-state index contributed by atoms with van der Waals surface area (Å²) in [4.78, 5) is 4.83. The topological polar surface area (TPSA) is 18.5 Å². The maximum atomic E-state index is 3.56. The molecule has 0 amide bonds. The fourth-order valence-corrected chi connectivity index (χ4v) is 2.89. The van der Waals surface area contributed by atoms with Gasteiger partial charge in [0.05, 0.1) is 0 Å². The predicted molar refractivity (Wildman–Crippen MR) is 90.7 cm³/mol. The van der Waals surface area contributed by atoms with Gasteiger partial charge in [-0.2, -0.15) is 11.3 Å². The van der Waals surface area contributed by atoms with Crippen LogP contribution in [0, 0.1) is 5.92 Å². The van der Waals surface area contributed by atoms with E-state index in [1.165, 1.54) is 12.1 Å². The van der Waals surface area contributed by atoms with Crippen LogP contribution >= 0.6 is 11.3 Å². The summed E-state index contributed by atoms with van der Waals surface area (Å²) in [5.41, 5.74) is 1.45. The molecular weight excluding hydrogens is 266 g/mol. The third-order valence-electron chi connectivity index (χ3n) is 3.26. The van der Waals surface area contributed by atoms with Crippen LogP contribution in [0.1, 0.15) is 19.4 Å². The molecular formula is C16H31N3S. The van der Waals surface area contributed by atoms with E-state index in [9.17, 15) is 0 Å². The second kappa shape index (κ2) is 10.3. The van der Waals surface area contributed by atoms with E-state index in [1.54, 1.807) is 11.3 Å². The van der Waals surface area contributed by atoms with Gasteiger partial charge < -0.3 is 15.1 Å². The third-order valence-corrected chi connectivity index (χ3v) is 3.99. The Morgan fingerprint density at radius 3 is 2.55 bits per heavy atom. The average Bonchev–Trinajstić information content (AvgIpc) is 2.87. The van der Waals surface area contributed by atoms with Gasteiger partial charge in [0.1, 0.15) is 0 Å². The zero-order chi connectivity index (χ0) is 14.8. The maximum absolute atomic E-state index is 3.56. The van der Waals surface area contributed by atoms with Crippen molar-refractivity contribution in [2.45, 2.75) is 20.3 Å². The standard InChI is InChI=1S/C16H31N3S/c1-15(2)13-19(11-10-18(3)4)9-8-17-7-5-16-6-12-20-14-16/h6,12,14-15,17H,5,7-11,13H2,1-4H3. The Morgan fingerprint density at radius 1 is 1.15 bits per heavy atom. The largest absolute Gasteiger partial charge is 0.315 e. The van der Waals surface area contributed by atoms with E-state index in [0.717, 1.165) is 45.1 Å². The van der Waals surface area contributed by atoms with E-state index < -0.39 is 0 Å². The first-order valence-corrected chi connectivity index (χ1v) is 8.61. The van der Waals surface area contributed by atoms with Crippen molar-refractivity contribution in [3.8, 4) is 0 Å². The molecule has 0 spiro atoms. The summed E-state index contributed by atoms with van der Waals surface area (Å²) >= 11 is 1.78. The lowest BCUT2D eigenvalue weighted by molar-refractivity contribution is 0.219. The summed E-state index contributed by atoms with van der Waals surface area (Å²) in [5.74, 6) is 0.739. The minimum atomic E-state index is 0.739. The van der Waals surface area contributed by atoms with Crippen molar-refractivity contribution in [3.05, 3.63) is 22.4 Å². The number of thiophene rings is 1. The van der Waals surface area contributed by atoms with Crippen LogP contribution in [0.5, 0.6) is 0 Å². The van der Waals surface area contributed by atoms with Gasteiger partial charge in [0.2, 0.25) is 0 Å². The van der Waals surface area contributed by atoms with Crippen molar-refractivity contribution in [1.29, 1.82) is 0 Å². The molecule has 0 unspecified atom stereocenters. The van der Waals surface area contributed by atoms with E-state index in [4.69, 9.17) is 0 Å². The summed E-state index contributed by atoms with van der Waals surface area (Å²) in [7, 11) is 4.29. The molecule has 1 rings (SSSR count). The number of hydrogen-bond acceptors (Lipinski definition) is 4. The summed E-state index contributed by atoms with van der Waals surface area (Å²) in [6.45, 7) is 11.4. The van der Waals surface area contributed by atoms with Crippen molar-refractivity contribution in [2.75, 3.05) is 53.4 Å². The normalized spacial score (nSPS) is 11.9. The lowest BCUT2D eigenvalue weighted by Crippen LogP contribution is -2.39. The van der Waals surface area contributed by atoms with Gasteiger partial charge >= 0.3 is 0 Å². The van der Waals surface area contributed by atoms with E-state index in [2.05, 4.69) is 59.9 Å². The second-order valence-electron chi connectivity index (χ2n) is 6.13. The highest BCUT2D eigenvalue weighted by Gasteiger charge is 2.07. The molecule has 0 aliphatic rings. The first-order chi connectivity index (χ1) is 9.58. The van der Waals surface area contributed by atoms with Crippen LogP contribution < -0.4 is 5.32 Å². The van der Waals surface area contributed by atoms with Gasteiger partial charge in [-0.05, 0) is 55.4 Å². The van der Waals surface area contributed by atoms with E-state index in [0.29, 0.717) is 0 Å². The average molecular weight is 298 g/mol. The SMILES string of the molecule is CC(C)CN(CCNCCc1ccsc1)CCN(C)C. The Hall–Kier alpha value is -0.420. The fourth-order valence-electron chi connectivity index (χ4n) is 2.18. The molecule has 3 nitrogen and oxygen atoms in total. The monoisotopic (exact) mass is 297 g/mol. The van der Waals surface area contributed by atoms with Gasteiger partial charge in [-0.15, -0.1) is 0 Å². The molecule has 0 aromatic carbocycles. The van der Waals surface area contributed by atoms with Gasteiger partial charge in [0, 0.05) is 32.7 Å². The fraction of sp³-hybridized carbons (Fsp3) is 0.750. The van der Waals surface area contributed by atoms with Crippen molar-refractivity contribution < 1.29 is 0 Å². The number of likely N-dealkylation sites (N-methyl/N-ethyl adjacent to an activating group) is 1. The van der Waals surface area contributed by atoms with Crippen LogP contribution in [0.25, 0.3) is 0 Å². The predicted octanol–water partition coefficient (Wildman–Crippen LogP) is 2.40. The highest BCUT2D eigenvalue weighted by molar-refractivity contribution is 7.07. The van der Waals surface area contributed by atoms with Crippen molar-refractivity contribution in [2.24, 2.45) is 5.92 Å². The van der Waals surface area contributed by atoms with Crippen molar-refractivity contribution in [3.63, 3.8) is 0 Å². The lowest BCUT2D eigenvalue weighted by atomic mass is 10.2. The Morgan fingerprint density at radius 2 is 1.95 bits per heavy atom. The minimum absolute atomic E-state index is 0.739. The number of nitrogens with one attached hydrogen (secondary N) is 1.